The van der Waals surface area contributed by atoms with Crippen molar-refractivity contribution in [2.75, 3.05) is 18.0 Å². The molecule has 0 saturated carbocycles. The van der Waals surface area contributed by atoms with E-state index in [2.05, 4.69) is 15.1 Å². The van der Waals surface area contributed by atoms with Crippen LogP contribution in [0.4, 0.5) is 10.1 Å². The van der Waals surface area contributed by atoms with E-state index in [1.807, 2.05) is 6.92 Å². The van der Waals surface area contributed by atoms with Crippen molar-refractivity contribution in [1.29, 1.82) is 0 Å². The van der Waals surface area contributed by atoms with Crippen LogP contribution in [0.1, 0.15) is 18.4 Å². The van der Waals surface area contributed by atoms with E-state index in [0.717, 1.165) is 37.2 Å². The molecule has 0 atom stereocenters. The minimum absolute atomic E-state index is 0.146. The van der Waals surface area contributed by atoms with Crippen LogP contribution in [0.5, 0.6) is 5.75 Å². The van der Waals surface area contributed by atoms with Crippen LogP contribution in [0, 0.1) is 12.7 Å². The fraction of sp³-hybridized carbons (Fsp3) is 0.375. The van der Waals surface area contributed by atoms with Gasteiger partial charge in [-0.3, -0.25) is 0 Å². The van der Waals surface area contributed by atoms with Crippen molar-refractivity contribution in [2.45, 2.75) is 25.9 Å². The molecule has 0 bridgehead atoms. The summed E-state index contributed by atoms with van der Waals surface area (Å²) in [5, 5.41) is 8.22. The Morgan fingerprint density at radius 3 is 2.59 bits per heavy atom. The summed E-state index contributed by atoms with van der Waals surface area (Å²) in [4.78, 5) is 2.25. The molecule has 116 valence electrons. The van der Waals surface area contributed by atoms with Gasteiger partial charge in [-0.1, -0.05) is 11.6 Å². The van der Waals surface area contributed by atoms with Gasteiger partial charge in [0, 0.05) is 31.5 Å². The second-order valence-electron chi connectivity index (χ2n) is 5.40. The van der Waals surface area contributed by atoms with Crippen molar-refractivity contribution in [1.82, 2.24) is 10.2 Å². The second-order valence-corrected chi connectivity index (χ2v) is 5.76. The number of aromatic nitrogens is 2. The smallest absolute Gasteiger partial charge is 0.156 e. The van der Waals surface area contributed by atoms with Gasteiger partial charge in [0.2, 0.25) is 0 Å². The van der Waals surface area contributed by atoms with Gasteiger partial charge in [0.05, 0.1) is 11.9 Å². The maximum atomic E-state index is 12.9. The fourth-order valence-electron chi connectivity index (χ4n) is 2.65. The zero-order valence-corrected chi connectivity index (χ0v) is 13.1. The lowest BCUT2D eigenvalue weighted by Crippen LogP contribution is -2.38. The monoisotopic (exact) mass is 321 g/mol. The lowest BCUT2D eigenvalue weighted by molar-refractivity contribution is 0.170. The van der Waals surface area contributed by atoms with E-state index >= 15 is 0 Å². The minimum Gasteiger partial charge on any atom is -0.490 e. The maximum absolute atomic E-state index is 12.9. The van der Waals surface area contributed by atoms with Gasteiger partial charge in [-0.05, 0) is 31.2 Å². The predicted molar refractivity (Wildman–Crippen MR) is 84.0 cm³/mol. The molecule has 0 spiro atoms. The van der Waals surface area contributed by atoms with Gasteiger partial charge in [0.25, 0.3) is 0 Å². The topological polar surface area (TPSA) is 38.2 Å². The summed E-state index contributed by atoms with van der Waals surface area (Å²) in [5.41, 5.74) is 1.98. The first kappa shape index (κ1) is 15.0. The van der Waals surface area contributed by atoms with Crippen LogP contribution in [0.2, 0.25) is 5.15 Å². The Bertz CT molecular complexity index is 642. The summed E-state index contributed by atoms with van der Waals surface area (Å²) in [6.07, 6.45) is 3.70. The Morgan fingerprint density at radius 2 is 1.91 bits per heavy atom. The zero-order valence-electron chi connectivity index (χ0n) is 12.3. The van der Waals surface area contributed by atoms with Crippen molar-refractivity contribution in [2.24, 2.45) is 0 Å². The Morgan fingerprint density at radius 1 is 1.23 bits per heavy atom. The Balaban J connectivity index is 1.60. The summed E-state index contributed by atoms with van der Waals surface area (Å²) >= 11 is 6.03. The molecule has 0 unspecified atom stereocenters. The molecule has 0 amide bonds. The van der Waals surface area contributed by atoms with E-state index in [1.165, 1.54) is 12.1 Å². The average Bonchev–Trinajstić information content (AvgIpc) is 2.53. The molecule has 1 aromatic heterocycles. The van der Waals surface area contributed by atoms with Gasteiger partial charge < -0.3 is 9.64 Å². The highest BCUT2D eigenvalue weighted by molar-refractivity contribution is 6.30. The molecule has 0 radical (unpaired) electrons. The van der Waals surface area contributed by atoms with E-state index in [0.29, 0.717) is 10.9 Å². The summed E-state index contributed by atoms with van der Waals surface area (Å²) in [6.45, 7) is 3.69. The van der Waals surface area contributed by atoms with E-state index < -0.39 is 0 Å². The van der Waals surface area contributed by atoms with Crippen LogP contribution >= 0.6 is 11.6 Å². The fourth-order valence-corrected chi connectivity index (χ4v) is 2.79. The number of hydrogen-bond donors (Lipinski definition) is 0. The SMILES string of the molecule is Cc1c(N2CCC(Oc3ccc(F)cc3)CC2)cnnc1Cl. The number of ether oxygens (including phenoxy) is 1. The molecular formula is C16H17ClFN3O. The third kappa shape index (κ3) is 3.30. The lowest BCUT2D eigenvalue weighted by atomic mass is 10.1. The lowest BCUT2D eigenvalue weighted by Gasteiger charge is -2.34. The third-order valence-electron chi connectivity index (χ3n) is 3.92. The van der Waals surface area contributed by atoms with Crippen molar-refractivity contribution in [3.8, 4) is 5.75 Å². The molecule has 0 N–H and O–H groups in total. The second kappa shape index (κ2) is 6.48. The molecular weight excluding hydrogens is 305 g/mol. The highest BCUT2D eigenvalue weighted by Gasteiger charge is 2.22. The molecule has 3 rings (SSSR count). The van der Waals surface area contributed by atoms with Crippen LogP contribution in [-0.4, -0.2) is 29.4 Å². The number of benzene rings is 1. The van der Waals surface area contributed by atoms with Crippen molar-refractivity contribution in [3.05, 3.63) is 47.0 Å². The van der Waals surface area contributed by atoms with Crippen LogP contribution in [0.15, 0.2) is 30.5 Å². The molecule has 22 heavy (non-hydrogen) atoms. The number of hydrogen-bond acceptors (Lipinski definition) is 4. The van der Waals surface area contributed by atoms with Crippen LogP contribution < -0.4 is 9.64 Å². The Kier molecular flexibility index (Phi) is 4.43. The predicted octanol–water partition coefficient (Wildman–Crippen LogP) is 3.63. The Labute approximate surface area is 133 Å². The Hall–Kier alpha value is -1.88. The molecule has 0 aliphatic carbocycles. The molecule has 1 fully saturated rings. The first-order chi connectivity index (χ1) is 10.6. The van der Waals surface area contributed by atoms with Crippen molar-refractivity contribution >= 4 is 17.3 Å². The van der Waals surface area contributed by atoms with E-state index in [9.17, 15) is 4.39 Å². The zero-order chi connectivity index (χ0) is 15.5. The van der Waals surface area contributed by atoms with Gasteiger partial charge in [-0.25, -0.2) is 4.39 Å². The summed E-state index contributed by atoms with van der Waals surface area (Å²) < 4.78 is 18.8. The van der Waals surface area contributed by atoms with Gasteiger partial charge in [-0.2, -0.15) is 5.10 Å². The number of anilines is 1. The number of rotatable bonds is 3. The average molecular weight is 322 g/mol. The van der Waals surface area contributed by atoms with Gasteiger partial charge in [0.15, 0.2) is 5.15 Å². The molecule has 1 aliphatic rings. The van der Waals surface area contributed by atoms with Gasteiger partial charge >= 0.3 is 0 Å². The van der Waals surface area contributed by atoms with E-state index in [-0.39, 0.29) is 11.9 Å². The van der Waals surface area contributed by atoms with E-state index in [4.69, 9.17) is 16.3 Å². The molecule has 4 nitrogen and oxygen atoms in total. The van der Waals surface area contributed by atoms with Crippen molar-refractivity contribution in [3.63, 3.8) is 0 Å². The first-order valence-corrected chi connectivity index (χ1v) is 7.66. The molecule has 6 heteroatoms. The van der Waals surface area contributed by atoms with Crippen LogP contribution in [0.25, 0.3) is 0 Å². The third-order valence-corrected chi connectivity index (χ3v) is 4.28. The maximum Gasteiger partial charge on any atom is 0.156 e. The first-order valence-electron chi connectivity index (χ1n) is 7.28. The minimum atomic E-state index is -0.250. The van der Waals surface area contributed by atoms with Crippen LogP contribution in [0.3, 0.4) is 0 Å². The number of halogens is 2. The summed E-state index contributed by atoms with van der Waals surface area (Å²) in [6, 6.07) is 6.16. The van der Waals surface area contributed by atoms with E-state index in [1.54, 1.807) is 18.3 Å². The number of nitrogens with zero attached hydrogens (tertiary/aromatic N) is 3. The largest absolute Gasteiger partial charge is 0.490 e. The quantitative estimate of drug-likeness (QED) is 0.865. The van der Waals surface area contributed by atoms with Crippen LogP contribution in [-0.2, 0) is 0 Å². The summed E-state index contributed by atoms with van der Waals surface area (Å²) in [7, 11) is 0. The summed E-state index contributed by atoms with van der Waals surface area (Å²) in [5.74, 6) is 0.462. The molecule has 2 heterocycles. The molecule has 1 saturated heterocycles. The molecule has 1 aromatic carbocycles. The standard InChI is InChI=1S/C16H17ClFN3O/c1-11-15(10-19-20-16(11)17)21-8-6-14(7-9-21)22-13-4-2-12(18)3-5-13/h2-5,10,14H,6-9H2,1H3. The highest BCUT2D eigenvalue weighted by atomic mass is 35.5. The van der Waals surface area contributed by atoms with Gasteiger partial charge in [-0.15, -0.1) is 5.10 Å². The molecule has 2 aromatic rings. The molecule has 1 aliphatic heterocycles. The normalized spacial score (nSPS) is 15.9. The van der Waals surface area contributed by atoms with Crippen molar-refractivity contribution < 1.29 is 9.13 Å². The van der Waals surface area contributed by atoms with Gasteiger partial charge in [0.1, 0.15) is 17.7 Å². The number of piperidine rings is 1. The highest BCUT2D eigenvalue weighted by Crippen LogP contribution is 2.27.